The summed E-state index contributed by atoms with van der Waals surface area (Å²) in [6.07, 6.45) is 0. The molecule has 0 spiro atoms. The van der Waals surface area contributed by atoms with Gasteiger partial charge in [-0.1, -0.05) is 36.4 Å². The maximum Gasteiger partial charge on any atom is 0.317 e. The van der Waals surface area contributed by atoms with Gasteiger partial charge in [0.1, 0.15) is 5.75 Å². The quantitative estimate of drug-likeness (QED) is 0.869. The van der Waals surface area contributed by atoms with E-state index in [0.717, 1.165) is 30.1 Å². The summed E-state index contributed by atoms with van der Waals surface area (Å²) < 4.78 is 5.74. The first-order valence-corrected chi connectivity index (χ1v) is 9.68. The van der Waals surface area contributed by atoms with E-state index in [2.05, 4.69) is 35.3 Å². The van der Waals surface area contributed by atoms with E-state index in [1.54, 1.807) is 0 Å². The second-order valence-corrected chi connectivity index (χ2v) is 6.90. The van der Waals surface area contributed by atoms with Crippen LogP contribution in [0.4, 0.5) is 10.5 Å². The Morgan fingerprint density at radius 3 is 2.44 bits per heavy atom. The van der Waals surface area contributed by atoms with Crippen molar-refractivity contribution in [1.29, 1.82) is 0 Å². The molecule has 1 aliphatic heterocycles. The van der Waals surface area contributed by atoms with Crippen LogP contribution in [0.3, 0.4) is 0 Å². The Labute approximate surface area is 161 Å². The van der Waals surface area contributed by atoms with Crippen molar-refractivity contribution in [3.05, 3.63) is 59.7 Å². The molecule has 3 rings (SSSR count). The van der Waals surface area contributed by atoms with Gasteiger partial charge in [-0.15, -0.1) is 0 Å². The number of piperazine rings is 1. The molecule has 0 aliphatic carbocycles. The van der Waals surface area contributed by atoms with E-state index >= 15 is 0 Å². The predicted octanol–water partition coefficient (Wildman–Crippen LogP) is 3.99. The molecule has 2 aromatic carbocycles. The summed E-state index contributed by atoms with van der Waals surface area (Å²) in [6, 6.07) is 16.3. The van der Waals surface area contributed by atoms with Crippen LogP contribution in [0.2, 0.25) is 0 Å². The molecule has 0 radical (unpaired) electrons. The highest BCUT2D eigenvalue weighted by atomic mass is 16.5. The Morgan fingerprint density at radius 2 is 1.74 bits per heavy atom. The van der Waals surface area contributed by atoms with Crippen LogP contribution in [0.25, 0.3) is 0 Å². The number of anilines is 1. The minimum Gasteiger partial charge on any atom is -0.492 e. The first-order valence-electron chi connectivity index (χ1n) is 9.68. The molecule has 1 unspecified atom stereocenters. The number of nitrogens with one attached hydrogen (secondary N) is 1. The van der Waals surface area contributed by atoms with Crippen molar-refractivity contribution in [1.82, 2.24) is 10.2 Å². The normalized spacial score (nSPS) is 15.4. The molecule has 5 heteroatoms. The fourth-order valence-electron chi connectivity index (χ4n) is 3.57. The van der Waals surface area contributed by atoms with Gasteiger partial charge in [0.05, 0.1) is 18.3 Å². The minimum absolute atomic E-state index is 0.00324. The zero-order valence-corrected chi connectivity index (χ0v) is 16.4. The van der Waals surface area contributed by atoms with E-state index in [9.17, 15) is 4.79 Å². The van der Waals surface area contributed by atoms with Gasteiger partial charge in [-0.2, -0.15) is 0 Å². The summed E-state index contributed by atoms with van der Waals surface area (Å²) >= 11 is 0. The van der Waals surface area contributed by atoms with Gasteiger partial charge in [-0.3, -0.25) is 0 Å². The highest BCUT2D eigenvalue weighted by Crippen LogP contribution is 2.29. The van der Waals surface area contributed by atoms with Gasteiger partial charge >= 0.3 is 6.03 Å². The molecular formula is C22H29N3O2. The van der Waals surface area contributed by atoms with E-state index < -0.39 is 0 Å². The third kappa shape index (κ3) is 4.54. The van der Waals surface area contributed by atoms with Crippen molar-refractivity contribution in [3.63, 3.8) is 0 Å². The molecule has 1 fully saturated rings. The first kappa shape index (κ1) is 19.1. The minimum atomic E-state index is -0.00425. The van der Waals surface area contributed by atoms with E-state index in [1.807, 2.05) is 49.1 Å². The Hall–Kier alpha value is -2.69. The zero-order valence-electron chi connectivity index (χ0n) is 16.4. The average molecular weight is 367 g/mol. The van der Waals surface area contributed by atoms with E-state index in [0.29, 0.717) is 19.7 Å². The number of urea groups is 1. The molecule has 0 bridgehead atoms. The van der Waals surface area contributed by atoms with Crippen LogP contribution in [0.15, 0.2) is 48.5 Å². The lowest BCUT2D eigenvalue weighted by molar-refractivity contribution is 0.191. The van der Waals surface area contributed by atoms with Gasteiger partial charge in [-0.05, 0) is 44.0 Å². The van der Waals surface area contributed by atoms with Crippen LogP contribution >= 0.6 is 0 Å². The molecule has 2 aromatic rings. The molecule has 1 aliphatic rings. The number of carbonyl (C=O) groups excluding carboxylic acids is 1. The number of nitrogens with zero attached hydrogens (tertiary/aromatic N) is 2. The van der Waals surface area contributed by atoms with Gasteiger partial charge in [0.25, 0.3) is 0 Å². The molecule has 5 nitrogen and oxygen atoms in total. The third-order valence-corrected chi connectivity index (χ3v) is 5.07. The molecule has 1 N–H and O–H groups in total. The molecule has 1 saturated heterocycles. The van der Waals surface area contributed by atoms with E-state index in [4.69, 9.17) is 4.74 Å². The molecule has 1 atom stereocenters. The largest absolute Gasteiger partial charge is 0.492 e. The van der Waals surface area contributed by atoms with Crippen molar-refractivity contribution in [2.75, 3.05) is 37.7 Å². The van der Waals surface area contributed by atoms with E-state index in [-0.39, 0.29) is 12.1 Å². The fraction of sp³-hybridized carbons (Fsp3) is 0.409. The molecule has 144 valence electrons. The molecule has 2 amide bonds. The summed E-state index contributed by atoms with van der Waals surface area (Å²) in [4.78, 5) is 16.9. The number of amides is 2. The summed E-state index contributed by atoms with van der Waals surface area (Å²) in [5, 5.41) is 3.14. The summed E-state index contributed by atoms with van der Waals surface area (Å²) in [5.74, 6) is 0.908. The Morgan fingerprint density at radius 1 is 1.07 bits per heavy atom. The van der Waals surface area contributed by atoms with Gasteiger partial charge in [0.15, 0.2) is 0 Å². The lowest BCUT2D eigenvalue weighted by atomic mass is 10.0. The van der Waals surface area contributed by atoms with Crippen LogP contribution in [0, 0.1) is 6.92 Å². The van der Waals surface area contributed by atoms with Crippen LogP contribution in [0.1, 0.15) is 31.0 Å². The third-order valence-electron chi connectivity index (χ3n) is 5.07. The molecule has 0 aromatic heterocycles. The number of hydrogen-bond acceptors (Lipinski definition) is 3. The summed E-state index contributed by atoms with van der Waals surface area (Å²) in [5.41, 5.74) is 3.46. The number of rotatable bonds is 5. The average Bonchev–Trinajstić information content (AvgIpc) is 2.69. The monoisotopic (exact) mass is 367 g/mol. The van der Waals surface area contributed by atoms with Crippen molar-refractivity contribution in [2.45, 2.75) is 26.8 Å². The fourth-order valence-corrected chi connectivity index (χ4v) is 3.57. The van der Waals surface area contributed by atoms with Gasteiger partial charge in [-0.25, -0.2) is 4.79 Å². The number of para-hydroxylation sites is 2. The number of aryl methyl sites for hydroxylation is 1. The van der Waals surface area contributed by atoms with Crippen molar-refractivity contribution >= 4 is 11.7 Å². The SMILES string of the molecule is CCOc1ccccc1N1CCN(C(=O)NC(C)c2ccccc2C)CC1. The van der Waals surface area contributed by atoms with Crippen LogP contribution in [-0.2, 0) is 0 Å². The highest BCUT2D eigenvalue weighted by Gasteiger charge is 2.24. The molecule has 0 saturated carbocycles. The van der Waals surface area contributed by atoms with E-state index in [1.165, 1.54) is 5.56 Å². The summed E-state index contributed by atoms with van der Waals surface area (Å²) in [7, 11) is 0. The molecule has 1 heterocycles. The van der Waals surface area contributed by atoms with Crippen LogP contribution in [0.5, 0.6) is 5.75 Å². The van der Waals surface area contributed by atoms with Gasteiger partial charge < -0.3 is 19.9 Å². The van der Waals surface area contributed by atoms with Crippen LogP contribution in [-0.4, -0.2) is 43.7 Å². The van der Waals surface area contributed by atoms with Gasteiger partial charge in [0, 0.05) is 26.2 Å². The highest BCUT2D eigenvalue weighted by molar-refractivity contribution is 5.75. The lowest BCUT2D eigenvalue weighted by Gasteiger charge is -2.37. The molecule has 27 heavy (non-hydrogen) atoms. The topological polar surface area (TPSA) is 44.8 Å². The van der Waals surface area contributed by atoms with Crippen molar-refractivity contribution in [2.24, 2.45) is 0 Å². The van der Waals surface area contributed by atoms with Crippen molar-refractivity contribution in [3.8, 4) is 5.75 Å². The number of ether oxygens (including phenoxy) is 1. The zero-order chi connectivity index (χ0) is 19.2. The smallest absolute Gasteiger partial charge is 0.317 e. The second-order valence-electron chi connectivity index (χ2n) is 6.90. The number of hydrogen-bond donors (Lipinski definition) is 1. The van der Waals surface area contributed by atoms with Gasteiger partial charge in [0.2, 0.25) is 0 Å². The van der Waals surface area contributed by atoms with Crippen molar-refractivity contribution < 1.29 is 9.53 Å². The predicted molar refractivity (Wildman–Crippen MR) is 110 cm³/mol. The Kier molecular flexibility index (Phi) is 6.22. The maximum atomic E-state index is 12.7. The summed E-state index contributed by atoms with van der Waals surface area (Å²) in [6.45, 7) is 9.76. The van der Waals surface area contributed by atoms with Crippen LogP contribution < -0.4 is 15.0 Å². The number of benzene rings is 2. The lowest BCUT2D eigenvalue weighted by Crippen LogP contribution is -2.52. The number of carbonyl (C=O) groups is 1. The second kappa shape index (κ2) is 8.80. The standard InChI is InChI=1S/C22H29N3O2/c1-4-27-21-12-8-7-11-20(21)24-13-15-25(16-14-24)22(26)23-18(3)19-10-6-5-9-17(19)2/h5-12,18H,4,13-16H2,1-3H3,(H,23,26). The Bertz CT molecular complexity index is 770. The Balaban J connectivity index is 1.58. The first-order chi connectivity index (χ1) is 13.1. The maximum absolute atomic E-state index is 12.7. The molecular weight excluding hydrogens is 338 g/mol.